The second kappa shape index (κ2) is 10.9. The largest absolute Gasteiger partial charge is 0.433 e. The number of benzene rings is 2. The number of aromatic nitrogens is 4. The molecule has 0 bridgehead atoms. The van der Waals surface area contributed by atoms with E-state index in [0.717, 1.165) is 68.6 Å². The van der Waals surface area contributed by atoms with Crippen LogP contribution in [0.25, 0.3) is 16.6 Å². The van der Waals surface area contributed by atoms with Crippen LogP contribution in [0.4, 0.5) is 14.6 Å². The number of anilines is 1. The lowest BCUT2D eigenvalue weighted by Crippen LogP contribution is -2.42. The molecule has 0 unspecified atom stereocenters. The Bertz CT molecular complexity index is 1840. The summed E-state index contributed by atoms with van der Waals surface area (Å²) in [6, 6.07) is 11.6. The van der Waals surface area contributed by atoms with E-state index in [1.54, 1.807) is 6.92 Å². The molecule has 5 heterocycles. The molecule has 5 aromatic rings. The number of halogens is 2. The Labute approximate surface area is 246 Å². The number of para-hydroxylation sites is 1. The number of ether oxygens (including phenoxy) is 2. The molecule has 220 valence electrons. The lowest BCUT2D eigenvalue weighted by Gasteiger charge is -2.37. The molecule has 0 saturated carbocycles. The second-order valence-corrected chi connectivity index (χ2v) is 11.1. The third-order valence-electron chi connectivity index (χ3n) is 8.45. The smallest absolute Gasteiger partial charge is 0.219 e. The molecular weight excluding hydrogens is 554 g/mol. The zero-order chi connectivity index (χ0) is 29.7. The van der Waals surface area contributed by atoms with Gasteiger partial charge in [0.05, 0.1) is 29.3 Å². The minimum Gasteiger partial charge on any atom is -0.433 e. The van der Waals surface area contributed by atoms with Crippen molar-refractivity contribution in [2.75, 3.05) is 25.5 Å². The molecule has 3 N–H and O–H groups in total. The minimum atomic E-state index is -0.836. The summed E-state index contributed by atoms with van der Waals surface area (Å²) < 4.78 is 40.4. The Morgan fingerprint density at radius 3 is 2.67 bits per heavy atom. The summed E-state index contributed by atoms with van der Waals surface area (Å²) in [6.07, 6.45) is 5.92. The fraction of sp³-hybridized carbons (Fsp3) is 0.281. The number of pyridine rings is 1. The summed E-state index contributed by atoms with van der Waals surface area (Å²) in [5, 5.41) is 5.41. The summed E-state index contributed by atoms with van der Waals surface area (Å²) in [5.74, 6) is -2.32. The molecule has 43 heavy (non-hydrogen) atoms. The third-order valence-corrected chi connectivity index (χ3v) is 8.45. The zero-order valence-corrected chi connectivity index (χ0v) is 23.6. The SMILES string of the molecule is Cc1cc(Oc2c(F)cccc2F)ncc1-n1ncc(C(=O)c2cc3c4c(ccc3[nH]2)CN(C2CCOCC2)CC4)c1N. The normalized spacial score (nSPS) is 16.0. The molecule has 1 saturated heterocycles. The quantitative estimate of drug-likeness (QED) is 0.254. The van der Waals surface area contributed by atoms with Crippen molar-refractivity contribution < 1.29 is 23.0 Å². The molecule has 7 rings (SSSR count). The Kier molecular flexibility index (Phi) is 6.91. The number of ketones is 1. The van der Waals surface area contributed by atoms with E-state index in [2.05, 4.69) is 26.0 Å². The van der Waals surface area contributed by atoms with Gasteiger partial charge in [-0.05, 0) is 67.1 Å². The number of carbonyl (C=O) groups is 1. The predicted molar refractivity (Wildman–Crippen MR) is 157 cm³/mol. The molecule has 1 fully saturated rings. The summed E-state index contributed by atoms with van der Waals surface area (Å²) in [5.41, 5.74) is 11.7. The van der Waals surface area contributed by atoms with E-state index in [0.29, 0.717) is 23.0 Å². The van der Waals surface area contributed by atoms with Crippen LogP contribution in [-0.4, -0.2) is 56.2 Å². The number of nitrogens with one attached hydrogen (secondary N) is 1. The molecule has 0 atom stereocenters. The van der Waals surface area contributed by atoms with Gasteiger partial charge in [-0.15, -0.1) is 0 Å². The highest BCUT2D eigenvalue weighted by molar-refractivity contribution is 6.12. The first-order valence-corrected chi connectivity index (χ1v) is 14.3. The molecule has 2 aromatic carbocycles. The molecule has 0 radical (unpaired) electrons. The number of rotatable bonds is 6. The Hall–Kier alpha value is -4.61. The van der Waals surface area contributed by atoms with Crippen molar-refractivity contribution in [3.05, 3.63) is 94.4 Å². The zero-order valence-electron chi connectivity index (χ0n) is 23.6. The highest BCUT2D eigenvalue weighted by atomic mass is 19.1. The lowest BCUT2D eigenvalue weighted by molar-refractivity contribution is 0.0291. The van der Waals surface area contributed by atoms with Gasteiger partial charge in [0, 0.05) is 49.3 Å². The Morgan fingerprint density at radius 1 is 1.12 bits per heavy atom. The summed E-state index contributed by atoms with van der Waals surface area (Å²) in [6.45, 7) is 5.29. The Morgan fingerprint density at radius 2 is 1.91 bits per heavy atom. The van der Waals surface area contributed by atoms with Gasteiger partial charge < -0.3 is 20.2 Å². The van der Waals surface area contributed by atoms with Crippen LogP contribution in [0, 0.1) is 18.6 Å². The maximum atomic E-state index is 14.0. The van der Waals surface area contributed by atoms with E-state index in [1.807, 2.05) is 12.1 Å². The number of hydrogen-bond donors (Lipinski definition) is 2. The number of aryl methyl sites for hydroxylation is 1. The van der Waals surface area contributed by atoms with Crippen molar-refractivity contribution in [2.45, 2.75) is 38.8 Å². The molecule has 0 amide bonds. The average molecular weight is 585 g/mol. The number of nitrogens with zero attached hydrogens (tertiary/aromatic N) is 4. The average Bonchev–Trinajstić information content (AvgIpc) is 3.63. The summed E-state index contributed by atoms with van der Waals surface area (Å²) >= 11 is 0. The van der Waals surface area contributed by atoms with Gasteiger partial charge in [-0.25, -0.2) is 18.4 Å². The van der Waals surface area contributed by atoms with Crippen molar-refractivity contribution in [3.63, 3.8) is 0 Å². The second-order valence-electron chi connectivity index (χ2n) is 11.1. The monoisotopic (exact) mass is 584 g/mol. The van der Waals surface area contributed by atoms with Crippen LogP contribution in [-0.2, 0) is 17.7 Å². The maximum absolute atomic E-state index is 14.0. The molecular formula is C32H30F2N6O3. The van der Waals surface area contributed by atoms with Crippen LogP contribution < -0.4 is 10.5 Å². The van der Waals surface area contributed by atoms with Crippen molar-refractivity contribution in [1.82, 2.24) is 24.6 Å². The van der Waals surface area contributed by atoms with Crippen LogP contribution in [0.1, 0.15) is 45.6 Å². The van der Waals surface area contributed by atoms with Crippen molar-refractivity contribution >= 4 is 22.5 Å². The number of nitrogens with two attached hydrogens (primary N) is 1. The first-order valence-electron chi connectivity index (χ1n) is 14.3. The fourth-order valence-electron chi connectivity index (χ4n) is 6.15. The van der Waals surface area contributed by atoms with Gasteiger partial charge in [0.15, 0.2) is 11.6 Å². The summed E-state index contributed by atoms with van der Waals surface area (Å²) in [7, 11) is 0. The van der Waals surface area contributed by atoms with Crippen LogP contribution in [0.3, 0.4) is 0 Å². The van der Waals surface area contributed by atoms with Crippen LogP contribution in [0.5, 0.6) is 11.6 Å². The maximum Gasteiger partial charge on any atom is 0.219 e. The minimum absolute atomic E-state index is 0.00423. The van der Waals surface area contributed by atoms with Gasteiger partial charge in [-0.1, -0.05) is 12.1 Å². The van der Waals surface area contributed by atoms with E-state index >= 15 is 0 Å². The first kappa shape index (κ1) is 27.2. The van der Waals surface area contributed by atoms with Crippen molar-refractivity contribution in [2.24, 2.45) is 0 Å². The molecule has 9 nitrogen and oxygen atoms in total. The van der Waals surface area contributed by atoms with E-state index in [-0.39, 0.29) is 23.0 Å². The highest BCUT2D eigenvalue weighted by Gasteiger charge is 2.27. The van der Waals surface area contributed by atoms with Crippen LogP contribution >= 0.6 is 0 Å². The number of aromatic amines is 1. The van der Waals surface area contributed by atoms with Crippen molar-refractivity contribution in [1.29, 1.82) is 0 Å². The first-order chi connectivity index (χ1) is 20.9. The van der Waals surface area contributed by atoms with Gasteiger partial charge in [0.1, 0.15) is 5.82 Å². The van der Waals surface area contributed by atoms with Crippen molar-refractivity contribution in [3.8, 4) is 17.3 Å². The molecule has 2 aliphatic rings. The molecule has 3 aromatic heterocycles. The van der Waals surface area contributed by atoms with Gasteiger partial charge in [-0.3, -0.25) is 9.69 Å². The number of nitrogen functional groups attached to an aromatic ring is 1. The fourth-order valence-corrected chi connectivity index (χ4v) is 6.15. The predicted octanol–water partition coefficient (Wildman–Crippen LogP) is 5.48. The van der Waals surface area contributed by atoms with E-state index in [4.69, 9.17) is 15.2 Å². The van der Waals surface area contributed by atoms with Gasteiger partial charge in [0.2, 0.25) is 17.4 Å². The number of carbonyl (C=O) groups excluding carboxylic acids is 1. The van der Waals surface area contributed by atoms with E-state index in [1.165, 1.54) is 40.3 Å². The Balaban J connectivity index is 1.13. The third kappa shape index (κ3) is 4.94. The lowest BCUT2D eigenvalue weighted by atomic mass is 9.93. The summed E-state index contributed by atoms with van der Waals surface area (Å²) in [4.78, 5) is 23.6. The number of fused-ring (bicyclic) bond motifs is 3. The topological polar surface area (TPSA) is 111 Å². The number of hydrogen-bond acceptors (Lipinski definition) is 7. The molecule has 11 heteroatoms. The van der Waals surface area contributed by atoms with Gasteiger partial charge in [-0.2, -0.15) is 5.10 Å². The standard InChI is InChI=1S/C32H30F2N6O3/c1-18-13-29(43-31-24(33)3-2-4-25(31)34)36-16-28(18)40-32(35)23(15-37-40)30(41)27-14-22-21-7-10-39(20-8-11-42-12-9-20)17-19(21)5-6-26(22)38-27/h2-6,13-16,20,38H,7-12,17,35H2,1H3. The molecule has 0 spiro atoms. The molecule has 2 aliphatic heterocycles. The van der Waals surface area contributed by atoms with Gasteiger partial charge in [0.25, 0.3) is 0 Å². The highest BCUT2D eigenvalue weighted by Crippen LogP contribution is 2.32. The van der Waals surface area contributed by atoms with Crippen LogP contribution in [0.15, 0.2) is 54.9 Å². The van der Waals surface area contributed by atoms with E-state index < -0.39 is 17.4 Å². The number of H-pyrrole nitrogens is 1. The van der Waals surface area contributed by atoms with Gasteiger partial charge >= 0.3 is 0 Å². The van der Waals surface area contributed by atoms with E-state index in [9.17, 15) is 13.6 Å². The van der Waals surface area contributed by atoms with Crippen LogP contribution in [0.2, 0.25) is 0 Å². The molecule has 0 aliphatic carbocycles.